The van der Waals surface area contributed by atoms with Crippen molar-refractivity contribution in [3.05, 3.63) is 30.1 Å². The number of hydrogen-bond donors (Lipinski definition) is 1. The van der Waals surface area contributed by atoms with Crippen molar-refractivity contribution >= 4 is 12.1 Å². The summed E-state index contributed by atoms with van der Waals surface area (Å²) < 4.78 is 4.89. The Morgan fingerprint density at radius 3 is 2.42 bits per heavy atom. The van der Waals surface area contributed by atoms with Gasteiger partial charge in [-0.2, -0.15) is 0 Å². The second-order valence-corrected chi connectivity index (χ2v) is 4.12. The number of alkyl carbamates (subject to hydrolysis) is 1. The SMILES string of the molecule is CC(C)[C@H](NC(=O)OCc1ccncc1)C(=O)[O-].[Li+]. The molecule has 0 aliphatic carbocycles. The summed E-state index contributed by atoms with van der Waals surface area (Å²) in [6, 6.07) is 2.34. The molecule has 0 aliphatic rings. The van der Waals surface area contributed by atoms with Gasteiger partial charge >= 0.3 is 25.0 Å². The Hall–Kier alpha value is -1.51. The van der Waals surface area contributed by atoms with Gasteiger partial charge < -0.3 is 20.0 Å². The first-order valence-electron chi connectivity index (χ1n) is 5.53. The first kappa shape index (κ1) is 17.5. The summed E-state index contributed by atoms with van der Waals surface area (Å²) in [6.45, 7) is 3.40. The van der Waals surface area contributed by atoms with Gasteiger partial charge in [-0.1, -0.05) is 13.8 Å². The second kappa shape index (κ2) is 8.57. The number of rotatable bonds is 5. The fraction of sp³-hybridized carbons (Fsp3) is 0.417. The van der Waals surface area contributed by atoms with Crippen LogP contribution in [0.5, 0.6) is 0 Å². The van der Waals surface area contributed by atoms with E-state index in [-0.39, 0.29) is 31.4 Å². The van der Waals surface area contributed by atoms with Crippen LogP contribution in [0.15, 0.2) is 24.5 Å². The fourth-order valence-electron chi connectivity index (χ4n) is 1.29. The van der Waals surface area contributed by atoms with Gasteiger partial charge in [-0.3, -0.25) is 4.98 Å². The van der Waals surface area contributed by atoms with Crippen molar-refractivity contribution in [2.24, 2.45) is 5.92 Å². The van der Waals surface area contributed by atoms with Crippen LogP contribution in [0.1, 0.15) is 19.4 Å². The zero-order valence-electron chi connectivity index (χ0n) is 11.3. The van der Waals surface area contributed by atoms with Crippen LogP contribution in [0.2, 0.25) is 0 Å². The predicted molar refractivity (Wildman–Crippen MR) is 61.2 cm³/mol. The maximum atomic E-state index is 11.4. The van der Waals surface area contributed by atoms with E-state index < -0.39 is 18.1 Å². The molecule has 1 aromatic heterocycles. The Labute approximate surface area is 123 Å². The Balaban J connectivity index is 0.00000324. The first-order valence-corrected chi connectivity index (χ1v) is 5.53. The molecule has 6 nitrogen and oxygen atoms in total. The maximum Gasteiger partial charge on any atom is 1.00 e. The van der Waals surface area contributed by atoms with E-state index in [1.807, 2.05) is 0 Å². The van der Waals surface area contributed by atoms with E-state index in [9.17, 15) is 14.7 Å². The van der Waals surface area contributed by atoms with Crippen LogP contribution >= 0.6 is 0 Å². The molecule has 98 valence electrons. The molecule has 1 atom stereocenters. The molecular weight excluding hydrogens is 243 g/mol. The minimum Gasteiger partial charge on any atom is -0.548 e. The molecule has 1 rings (SSSR count). The van der Waals surface area contributed by atoms with Crippen LogP contribution in [-0.2, 0) is 16.1 Å². The van der Waals surface area contributed by atoms with Gasteiger partial charge in [-0.25, -0.2) is 4.79 Å². The molecule has 7 heteroatoms. The largest absolute Gasteiger partial charge is 1.00 e. The summed E-state index contributed by atoms with van der Waals surface area (Å²) in [6.07, 6.45) is 2.37. The molecule has 0 aliphatic heterocycles. The van der Waals surface area contributed by atoms with Crippen molar-refractivity contribution in [2.75, 3.05) is 0 Å². The number of carbonyl (C=O) groups excluding carboxylic acids is 2. The summed E-state index contributed by atoms with van der Waals surface area (Å²) in [5, 5.41) is 13.0. The zero-order valence-corrected chi connectivity index (χ0v) is 11.3. The number of pyridine rings is 1. The smallest absolute Gasteiger partial charge is 0.548 e. The molecule has 0 radical (unpaired) electrons. The van der Waals surface area contributed by atoms with Gasteiger partial charge in [0, 0.05) is 12.4 Å². The Morgan fingerprint density at radius 2 is 1.95 bits per heavy atom. The molecule has 0 saturated carbocycles. The summed E-state index contributed by atoms with van der Waals surface area (Å²) in [7, 11) is 0. The summed E-state index contributed by atoms with van der Waals surface area (Å²) in [5.41, 5.74) is 0.773. The van der Waals surface area contributed by atoms with Crippen molar-refractivity contribution in [3.63, 3.8) is 0 Å². The predicted octanol–water partition coefficient (Wildman–Crippen LogP) is -2.91. The van der Waals surface area contributed by atoms with Crippen molar-refractivity contribution in [1.29, 1.82) is 0 Å². The van der Waals surface area contributed by atoms with Gasteiger partial charge in [0.25, 0.3) is 0 Å². The molecular formula is C12H15LiN2O4. The van der Waals surface area contributed by atoms with E-state index in [2.05, 4.69) is 10.3 Å². The number of amides is 1. The van der Waals surface area contributed by atoms with Crippen LogP contribution in [-0.4, -0.2) is 23.1 Å². The molecule has 0 bridgehead atoms. The van der Waals surface area contributed by atoms with Gasteiger partial charge in [-0.05, 0) is 23.6 Å². The monoisotopic (exact) mass is 258 g/mol. The van der Waals surface area contributed by atoms with E-state index in [1.54, 1.807) is 38.4 Å². The Kier molecular flexibility index (Phi) is 7.88. The second-order valence-electron chi connectivity index (χ2n) is 4.12. The van der Waals surface area contributed by atoms with Crippen LogP contribution in [0.25, 0.3) is 0 Å². The van der Waals surface area contributed by atoms with Crippen LogP contribution in [0, 0.1) is 5.92 Å². The minimum absolute atomic E-state index is 0. The van der Waals surface area contributed by atoms with E-state index in [1.165, 1.54) is 0 Å². The van der Waals surface area contributed by atoms with Crippen molar-refractivity contribution in [1.82, 2.24) is 10.3 Å². The van der Waals surface area contributed by atoms with Gasteiger partial charge in [0.05, 0.1) is 12.0 Å². The summed E-state index contributed by atoms with van der Waals surface area (Å²) >= 11 is 0. The molecule has 1 amide bonds. The standard InChI is InChI=1S/C12H16N2O4.Li/c1-8(2)10(11(15)16)14-12(17)18-7-9-3-5-13-6-4-9;/h3-6,8,10H,7H2,1-2H3,(H,14,17)(H,15,16);/q;+1/p-1/t10-;/m0./s1. The van der Waals surface area contributed by atoms with E-state index in [4.69, 9.17) is 4.74 Å². The maximum absolute atomic E-state index is 11.4. The van der Waals surface area contributed by atoms with Crippen molar-refractivity contribution in [2.45, 2.75) is 26.5 Å². The molecule has 19 heavy (non-hydrogen) atoms. The van der Waals surface area contributed by atoms with Crippen LogP contribution in [0.4, 0.5) is 4.79 Å². The van der Waals surface area contributed by atoms with Gasteiger partial charge in [-0.15, -0.1) is 0 Å². The molecule has 1 heterocycles. The number of carboxylic acid groups (broad SMARTS) is 1. The molecule has 0 fully saturated rings. The quantitative estimate of drug-likeness (QED) is 0.571. The summed E-state index contributed by atoms with van der Waals surface area (Å²) in [5.74, 6) is -1.60. The van der Waals surface area contributed by atoms with Gasteiger partial charge in [0.1, 0.15) is 6.61 Å². The third-order valence-electron chi connectivity index (χ3n) is 2.31. The third kappa shape index (κ3) is 6.27. The average Bonchev–Trinajstić information content (AvgIpc) is 2.34. The van der Waals surface area contributed by atoms with Crippen LogP contribution < -0.4 is 29.3 Å². The molecule has 1 N–H and O–H groups in total. The number of carbonyl (C=O) groups is 2. The average molecular weight is 258 g/mol. The number of carboxylic acids is 1. The third-order valence-corrected chi connectivity index (χ3v) is 2.31. The van der Waals surface area contributed by atoms with E-state index in [0.29, 0.717) is 0 Å². The zero-order chi connectivity index (χ0) is 13.5. The number of nitrogens with one attached hydrogen (secondary N) is 1. The normalized spacial score (nSPS) is 11.3. The summed E-state index contributed by atoms with van der Waals surface area (Å²) in [4.78, 5) is 26.0. The molecule has 0 spiro atoms. The molecule has 0 aromatic carbocycles. The van der Waals surface area contributed by atoms with Crippen molar-refractivity contribution in [3.8, 4) is 0 Å². The number of hydrogen-bond acceptors (Lipinski definition) is 5. The number of nitrogens with zero attached hydrogens (tertiary/aromatic N) is 1. The van der Waals surface area contributed by atoms with Gasteiger partial charge in [0.15, 0.2) is 0 Å². The van der Waals surface area contributed by atoms with E-state index >= 15 is 0 Å². The first-order chi connectivity index (χ1) is 8.50. The number of aliphatic carboxylic acids is 1. The number of aromatic nitrogens is 1. The minimum atomic E-state index is -1.33. The molecule has 1 aromatic rings. The molecule has 0 unspecified atom stereocenters. The topological polar surface area (TPSA) is 91.3 Å². The fourth-order valence-corrected chi connectivity index (χ4v) is 1.29. The molecule has 0 saturated heterocycles. The Bertz CT molecular complexity index is 411. The van der Waals surface area contributed by atoms with Crippen LogP contribution in [0.3, 0.4) is 0 Å². The Morgan fingerprint density at radius 1 is 1.37 bits per heavy atom. The van der Waals surface area contributed by atoms with Crippen molar-refractivity contribution < 1.29 is 38.3 Å². The van der Waals surface area contributed by atoms with E-state index in [0.717, 1.165) is 5.56 Å². The number of ether oxygens (including phenoxy) is 1. The van der Waals surface area contributed by atoms with Gasteiger partial charge in [0.2, 0.25) is 0 Å².